The number of methoxy groups -OCH3 is 2. The number of epoxide rings is 1. The Bertz CT molecular complexity index is 331. The summed E-state index contributed by atoms with van der Waals surface area (Å²) in [5, 5.41) is 0. The van der Waals surface area contributed by atoms with Gasteiger partial charge in [-0.3, -0.25) is 0 Å². The Morgan fingerprint density at radius 2 is 1.80 bits per heavy atom. The van der Waals surface area contributed by atoms with Crippen molar-refractivity contribution >= 4 is 0 Å². The third-order valence-electron chi connectivity index (χ3n) is 4.15. The van der Waals surface area contributed by atoms with Crippen molar-refractivity contribution in [2.75, 3.05) is 14.2 Å². The van der Waals surface area contributed by atoms with Crippen LogP contribution in [0.2, 0.25) is 0 Å². The molecule has 8 atom stereocenters. The minimum Gasteiger partial charge on any atom is -0.378 e. The molecule has 3 saturated heterocycles. The van der Waals surface area contributed by atoms with Gasteiger partial charge in [0, 0.05) is 33.1 Å². The molecular formula is C13H23NO6. The van der Waals surface area contributed by atoms with Crippen molar-refractivity contribution in [3.63, 3.8) is 0 Å². The van der Waals surface area contributed by atoms with Gasteiger partial charge in [-0.2, -0.15) is 0 Å². The molecule has 7 heteroatoms. The molecule has 0 aliphatic carbocycles. The van der Waals surface area contributed by atoms with Crippen LogP contribution < -0.4 is 5.73 Å². The summed E-state index contributed by atoms with van der Waals surface area (Å²) in [5.41, 5.74) is 6.16. The van der Waals surface area contributed by atoms with E-state index in [0.717, 1.165) is 0 Å². The fourth-order valence-electron chi connectivity index (χ4n) is 2.94. The first-order valence-corrected chi connectivity index (χ1v) is 7.05. The van der Waals surface area contributed by atoms with Crippen LogP contribution in [0, 0.1) is 0 Å². The molecule has 0 aromatic rings. The van der Waals surface area contributed by atoms with Gasteiger partial charge in [0.05, 0.1) is 12.2 Å². The van der Waals surface area contributed by atoms with E-state index in [1.807, 2.05) is 6.92 Å². The summed E-state index contributed by atoms with van der Waals surface area (Å²) in [6.45, 7) is 1.93. The van der Waals surface area contributed by atoms with Crippen LogP contribution in [-0.4, -0.2) is 63.5 Å². The topological polar surface area (TPSA) is 84.7 Å². The number of ether oxygens (including phenoxy) is 6. The van der Waals surface area contributed by atoms with Gasteiger partial charge in [0.1, 0.15) is 12.2 Å². The molecule has 0 aromatic carbocycles. The molecule has 7 nitrogen and oxygen atoms in total. The lowest BCUT2D eigenvalue weighted by atomic mass is 10.00. The quantitative estimate of drug-likeness (QED) is 0.727. The molecular weight excluding hydrogens is 266 g/mol. The summed E-state index contributed by atoms with van der Waals surface area (Å²) in [7, 11) is 3.29. The van der Waals surface area contributed by atoms with Crippen LogP contribution in [0.3, 0.4) is 0 Å². The van der Waals surface area contributed by atoms with E-state index in [2.05, 4.69) is 0 Å². The van der Waals surface area contributed by atoms with Gasteiger partial charge in [-0.1, -0.05) is 0 Å². The van der Waals surface area contributed by atoms with Crippen molar-refractivity contribution in [1.82, 2.24) is 0 Å². The summed E-state index contributed by atoms with van der Waals surface area (Å²) in [6.07, 6.45) is 0.0927. The average molecular weight is 289 g/mol. The normalized spacial score (nSPS) is 51.6. The molecule has 0 saturated carbocycles. The maximum Gasteiger partial charge on any atom is 0.190 e. The van der Waals surface area contributed by atoms with Gasteiger partial charge in [0.25, 0.3) is 0 Å². The molecule has 0 radical (unpaired) electrons. The summed E-state index contributed by atoms with van der Waals surface area (Å²) in [6, 6.07) is -0.147. The third kappa shape index (κ3) is 2.85. The zero-order chi connectivity index (χ0) is 14.3. The van der Waals surface area contributed by atoms with Crippen molar-refractivity contribution in [2.45, 2.75) is 69.1 Å². The predicted octanol–water partition coefficient (Wildman–Crippen LogP) is -0.0335. The van der Waals surface area contributed by atoms with E-state index in [-0.39, 0.29) is 49.3 Å². The molecule has 3 heterocycles. The van der Waals surface area contributed by atoms with Crippen LogP contribution in [0.5, 0.6) is 0 Å². The first kappa shape index (κ1) is 14.6. The highest BCUT2D eigenvalue weighted by Gasteiger charge is 2.53. The van der Waals surface area contributed by atoms with Gasteiger partial charge in [-0.25, -0.2) is 0 Å². The Hall–Kier alpha value is -0.280. The smallest absolute Gasteiger partial charge is 0.190 e. The highest BCUT2D eigenvalue weighted by atomic mass is 16.8. The Morgan fingerprint density at radius 1 is 1.00 bits per heavy atom. The number of nitrogens with two attached hydrogens (primary N) is 1. The van der Waals surface area contributed by atoms with Crippen molar-refractivity contribution in [1.29, 1.82) is 0 Å². The molecule has 0 bridgehead atoms. The zero-order valence-corrected chi connectivity index (χ0v) is 12.1. The maximum absolute atomic E-state index is 6.16. The molecule has 8 unspecified atom stereocenters. The Kier molecular flexibility index (Phi) is 4.28. The second-order valence-corrected chi connectivity index (χ2v) is 5.55. The van der Waals surface area contributed by atoms with Gasteiger partial charge in [-0.15, -0.1) is 0 Å². The van der Waals surface area contributed by atoms with E-state index in [4.69, 9.17) is 34.2 Å². The van der Waals surface area contributed by atoms with Gasteiger partial charge < -0.3 is 34.2 Å². The van der Waals surface area contributed by atoms with Crippen LogP contribution >= 0.6 is 0 Å². The standard InChI is InChI=1S/C13H23NO6/c1-6-11(7(14)4-9(16-3)17-6)18-10-5-8(15-2)12-13(19-10)20-12/h6-13H,4-5,14H2,1-3H3. The Balaban J connectivity index is 1.57. The first-order valence-electron chi connectivity index (χ1n) is 7.05. The van der Waals surface area contributed by atoms with Crippen molar-refractivity contribution in [3.05, 3.63) is 0 Å². The molecule has 20 heavy (non-hydrogen) atoms. The van der Waals surface area contributed by atoms with E-state index in [1.165, 1.54) is 0 Å². The molecule has 3 fully saturated rings. The first-order chi connectivity index (χ1) is 9.62. The van der Waals surface area contributed by atoms with Crippen LogP contribution in [0.1, 0.15) is 19.8 Å². The largest absolute Gasteiger partial charge is 0.378 e. The minimum atomic E-state index is -0.370. The van der Waals surface area contributed by atoms with Crippen LogP contribution in [0.25, 0.3) is 0 Å². The minimum absolute atomic E-state index is 0.0153. The lowest BCUT2D eigenvalue weighted by Crippen LogP contribution is -2.55. The van der Waals surface area contributed by atoms with Gasteiger partial charge in [-0.05, 0) is 6.92 Å². The fraction of sp³-hybridized carbons (Fsp3) is 1.00. The highest BCUT2D eigenvalue weighted by molar-refractivity contribution is 4.92. The average Bonchev–Trinajstić information content (AvgIpc) is 3.20. The summed E-state index contributed by atoms with van der Waals surface area (Å²) >= 11 is 0. The van der Waals surface area contributed by atoms with E-state index in [9.17, 15) is 0 Å². The lowest BCUT2D eigenvalue weighted by molar-refractivity contribution is -0.273. The van der Waals surface area contributed by atoms with E-state index in [1.54, 1.807) is 14.2 Å². The molecule has 116 valence electrons. The summed E-state index contributed by atoms with van der Waals surface area (Å²) in [5.74, 6) is 0. The monoisotopic (exact) mass is 289 g/mol. The number of fused-ring (bicyclic) bond motifs is 1. The molecule has 2 N–H and O–H groups in total. The van der Waals surface area contributed by atoms with Crippen molar-refractivity contribution < 1.29 is 28.4 Å². The number of rotatable bonds is 4. The molecule has 3 aliphatic heterocycles. The van der Waals surface area contributed by atoms with Crippen LogP contribution in [0.4, 0.5) is 0 Å². The Labute approximate surface area is 118 Å². The number of hydrogen-bond donors (Lipinski definition) is 1. The lowest BCUT2D eigenvalue weighted by Gasteiger charge is -2.40. The fourth-order valence-corrected chi connectivity index (χ4v) is 2.94. The zero-order valence-electron chi connectivity index (χ0n) is 12.1. The van der Waals surface area contributed by atoms with E-state index >= 15 is 0 Å². The second kappa shape index (κ2) is 5.84. The van der Waals surface area contributed by atoms with Gasteiger partial charge >= 0.3 is 0 Å². The van der Waals surface area contributed by atoms with E-state index < -0.39 is 0 Å². The molecule has 0 amide bonds. The molecule has 3 rings (SSSR count). The highest BCUT2D eigenvalue weighted by Crippen LogP contribution is 2.38. The molecule has 0 spiro atoms. The van der Waals surface area contributed by atoms with E-state index in [0.29, 0.717) is 12.8 Å². The van der Waals surface area contributed by atoms with Crippen molar-refractivity contribution in [2.24, 2.45) is 5.73 Å². The van der Waals surface area contributed by atoms with Gasteiger partial charge in [0.2, 0.25) is 0 Å². The Morgan fingerprint density at radius 3 is 2.45 bits per heavy atom. The summed E-state index contributed by atoms with van der Waals surface area (Å²) in [4.78, 5) is 0. The predicted molar refractivity (Wildman–Crippen MR) is 67.8 cm³/mol. The second-order valence-electron chi connectivity index (χ2n) is 5.55. The van der Waals surface area contributed by atoms with Crippen LogP contribution in [-0.2, 0) is 28.4 Å². The van der Waals surface area contributed by atoms with Gasteiger partial charge in [0.15, 0.2) is 18.9 Å². The number of hydrogen-bond acceptors (Lipinski definition) is 7. The SMILES string of the molecule is COC1CC(N)C(OC2CC(OC)C3OC3O2)C(C)O1. The van der Waals surface area contributed by atoms with Crippen molar-refractivity contribution in [3.8, 4) is 0 Å². The molecule has 3 aliphatic rings. The molecule has 0 aromatic heterocycles. The summed E-state index contributed by atoms with van der Waals surface area (Å²) < 4.78 is 33.3. The third-order valence-corrected chi connectivity index (χ3v) is 4.15. The van der Waals surface area contributed by atoms with Crippen LogP contribution in [0.15, 0.2) is 0 Å². The maximum atomic E-state index is 6.16.